The van der Waals surface area contributed by atoms with Crippen LogP contribution in [0.15, 0.2) is 12.1 Å². The van der Waals surface area contributed by atoms with Gasteiger partial charge in [-0.25, -0.2) is 0 Å². The second kappa shape index (κ2) is 7.43. The van der Waals surface area contributed by atoms with Crippen LogP contribution in [-0.2, 0) is 22.4 Å². The van der Waals surface area contributed by atoms with E-state index in [1.807, 2.05) is 13.0 Å². The number of aryl methyl sites for hydroxylation is 1. The summed E-state index contributed by atoms with van der Waals surface area (Å²) in [5.41, 5.74) is 0.992. The van der Waals surface area contributed by atoms with Crippen LogP contribution in [0, 0.1) is 11.3 Å². The number of rotatable bonds is 6. The maximum absolute atomic E-state index is 12.4. The Morgan fingerprint density at radius 2 is 2.10 bits per heavy atom. The summed E-state index contributed by atoms with van der Waals surface area (Å²) in [4.78, 5) is 11.5. The predicted octanol–water partition coefficient (Wildman–Crippen LogP) is 2.83. The molecule has 0 N–H and O–H groups in total. The molecule has 0 amide bonds. The molecule has 0 saturated carbocycles. The predicted molar refractivity (Wildman–Crippen MR) is 67.5 cm³/mol. The van der Waals surface area contributed by atoms with Gasteiger partial charge in [-0.1, -0.05) is 13.0 Å². The molecule has 0 aliphatic rings. The lowest BCUT2D eigenvalue weighted by Gasteiger charge is -2.13. The van der Waals surface area contributed by atoms with Crippen LogP contribution in [0.2, 0.25) is 0 Å². The maximum Gasteiger partial charge on any atom is 0.387 e. The normalized spacial score (nSPS) is 10.2. The van der Waals surface area contributed by atoms with Gasteiger partial charge >= 0.3 is 12.6 Å². The molecule has 20 heavy (non-hydrogen) atoms. The van der Waals surface area contributed by atoms with Crippen LogP contribution in [0.1, 0.15) is 30.5 Å². The third kappa shape index (κ3) is 4.19. The summed E-state index contributed by atoms with van der Waals surface area (Å²) in [6, 6.07) is 4.87. The highest BCUT2D eigenvalue weighted by Crippen LogP contribution is 2.28. The van der Waals surface area contributed by atoms with E-state index in [-0.39, 0.29) is 29.9 Å². The minimum Gasteiger partial charge on any atom is -0.466 e. The van der Waals surface area contributed by atoms with Gasteiger partial charge in [-0.2, -0.15) is 14.0 Å². The van der Waals surface area contributed by atoms with Gasteiger partial charge in [-0.15, -0.1) is 0 Å². The number of hydrogen-bond acceptors (Lipinski definition) is 4. The fraction of sp³-hybridized carbons (Fsp3) is 0.429. The van der Waals surface area contributed by atoms with E-state index >= 15 is 0 Å². The summed E-state index contributed by atoms with van der Waals surface area (Å²) in [7, 11) is 0. The first-order chi connectivity index (χ1) is 9.51. The van der Waals surface area contributed by atoms with Crippen LogP contribution in [0.25, 0.3) is 0 Å². The molecular weight excluding hydrogens is 268 g/mol. The van der Waals surface area contributed by atoms with Crippen LogP contribution < -0.4 is 4.74 Å². The molecule has 108 valence electrons. The molecular formula is C14H15F2NO3. The molecule has 0 aliphatic heterocycles. The average Bonchev–Trinajstić information content (AvgIpc) is 2.40. The molecule has 0 radical (unpaired) electrons. The van der Waals surface area contributed by atoms with Crippen LogP contribution >= 0.6 is 0 Å². The smallest absolute Gasteiger partial charge is 0.387 e. The van der Waals surface area contributed by atoms with Crippen molar-refractivity contribution in [2.45, 2.75) is 33.3 Å². The van der Waals surface area contributed by atoms with Crippen LogP contribution in [0.5, 0.6) is 5.75 Å². The number of carbonyl (C=O) groups excluding carboxylic acids is 1. The Labute approximate surface area is 115 Å². The number of nitriles is 1. The number of alkyl halides is 2. The minimum atomic E-state index is -3.06. The zero-order valence-corrected chi connectivity index (χ0v) is 11.3. The summed E-state index contributed by atoms with van der Waals surface area (Å²) < 4.78 is 34.0. The molecule has 1 rings (SSSR count). The van der Waals surface area contributed by atoms with Crippen molar-refractivity contribution >= 4 is 5.97 Å². The van der Waals surface area contributed by atoms with Crippen LogP contribution in [-0.4, -0.2) is 19.2 Å². The first-order valence-corrected chi connectivity index (χ1v) is 6.18. The molecule has 1 aromatic rings. The zero-order valence-electron chi connectivity index (χ0n) is 11.3. The zero-order chi connectivity index (χ0) is 15.1. The fourth-order valence-corrected chi connectivity index (χ4v) is 1.77. The molecule has 0 spiro atoms. The standard InChI is InChI=1S/C14H15F2NO3/c1-3-9-5-10(7-12(18)19-4-2)13(20-14(15)16)11(6-9)8-17/h5-6,14H,3-4,7H2,1-2H3. The lowest BCUT2D eigenvalue weighted by Crippen LogP contribution is -2.12. The van der Waals surface area contributed by atoms with Crippen LogP contribution in [0.4, 0.5) is 8.78 Å². The Bertz CT molecular complexity index is 524. The lowest BCUT2D eigenvalue weighted by atomic mass is 10.0. The third-order valence-corrected chi connectivity index (χ3v) is 2.60. The van der Waals surface area contributed by atoms with Gasteiger partial charge < -0.3 is 9.47 Å². The Morgan fingerprint density at radius 1 is 1.40 bits per heavy atom. The Balaban J connectivity index is 3.22. The molecule has 6 heteroatoms. The molecule has 0 saturated heterocycles. The highest BCUT2D eigenvalue weighted by Gasteiger charge is 2.18. The van der Waals surface area contributed by atoms with E-state index in [1.165, 1.54) is 6.07 Å². The number of halogens is 2. The summed E-state index contributed by atoms with van der Waals surface area (Å²) in [6.07, 6.45) is 0.401. The SMILES string of the molecule is CCOC(=O)Cc1cc(CC)cc(C#N)c1OC(F)F. The first kappa shape index (κ1) is 15.9. The van der Waals surface area contributed by atoms with Gasteiger partial charge in [-0.05, 0) is 25.0 Å². The third-order valence-electron chi connectivity index (χ3n) is 2.60. The van der Waals surface area contributed by atoms with Gasteiger partial charge in [0.05, 0.1) is 18.6 Å². The van der Waals surface area contributed by atoms with Gasteiger partial charge in [0.25, 0.3) is 0 Å². The van der Waals surface area contributed by atoms with Crippen molar-refractivity contribution in [2.75, 3.05) is 6.61 Å². The van der Waals surface area contributed by atoms with E-state index in [1.54, 1.807) is 13.0 Å². The van der Waals surface area contributed by atoms with Gasteiger partial charge in [0.1, 0.15) is 11.8 Å². The molecule has 0 fully saturated rings. The van der Waals surface area contributed by atoms with E-state index in [4.69, 9.17) is 10.00 Å². The van der Waals surface area contributed by atoms with E-state index < -0.39 is 12.6 Å². The summed E-state index contributed by atoms with van der Waals surface area (Å²) >= 11 is 0. The second-order valence-corrected chi connectivity index (χ2v) is 3.96. The van der Waals surface area contributed by atoms with Crippen molar-refractivity contribution in [3.05, 3.63) is 28.8 Å². The quantitative estimate of drug-likeness (QED) is 0.753. The molecule has 0 heterocycles. The largest absolute Gasteiger partial charge is 0.466 e. The molecule has 0 aromatic heterocycles. The molecule has 0 atom stereocenters. The number of carbonyl (C=O) groups is 1. The summed E-state index contributed by atoms with van der Waals surface area (Å²) in [6.45, 7) is 0.647. The monoisotopic (exact) mass is 283 g/mol. The molecule has 1 aromatic carbocycles. The van der Waals surface area contributed by atoms with Crippen molar-refractivity contribution in [3.63, 3.8) is 0 Å². The topological polar surface area (TPSA) is 59.3 Å². The van der Waals surface area contributed by atoms with Gasteiger partial charge in [0.15, 0.2) is 0 Å². The average molecular weight is 283 g/mol. The summed E-state index contributed by atoms with van der Waals surface area (Å²) in [5, 5.41) is 9.02. The highest BCUT2D eigenvalue weighted by atomic mass is 19.3. The Hall–Kier alpha value is -2.16. The van der Waals surface area contributed by atoms with Crippen molar-refractivity contribution < 1.29 is 23.0 Å². The molecule has 0 bridgehead atoms. The number of nitrogens with zero attached hydrogens (tertiary/aromatic N) is 1. The van der Waals surface area contributed by atoms with Gasteiger partial charge in [-0.3, -0.25) is 4.79 Å². The van der Waals surface area contributed by atoms with E-state index in [9.17, 15) is 13.6 Å². The molecule has 0 unspecified atom stereocenters. The van der Waals surface area contributed by atoms with Gasteiger partial charge in [0.2, 0.25) is 0 Å². The minimum absolute atomic E-state index is 0.0102. The lowest BCUT2D eigenvalue weighted by molar-refractivity contribution is -0.142. The van der Waals surface area contributed by atoms with E-state index in [2.05, 4.69) is 4.74 Å². The van der Waals surface area contributed by atoms with E-state index in [0.717, 1.165) is 5.56 Å². The van der Waals surface area contributed by atoms with Crippen LogP contribution in [0.3, 0.4) is 0 Å². The van der Waals surface area contributed by atoms with Crippen molar-refractivity contribution in [1.29, 1.82) is 5.26 Å². The summed E-state index contributed by atoms with van der Waals surface area (Å²) in [5.74, 6) is -0.809. The number of esters is 1. The Morgan fingerprint density at radius 3 is 2.60 bits per heavy atom. The van der Waals surface area contributed by atoms with Crippen molar-refractivity contribution in [3.8, 4) is 11.8 Å². The maximum atomic E-state index is 12.4. The van der Waals surface area contributed by atoms with Gasteiger partial charge in [0, 0.05) is 5.56 Å². The van der Waals surface area contributed by atoms with E-state index in [0.29, 0.717) is 6.42 Å². The second-order valence-electron chi connectivity index (χ2n) is 3.96. The first-order valence-electron chi connectivity index (χ1n) is 6.18. The molecule has 4 nitrogen and oxygen atoms in total. The highest BCUT2D eigenvalue weighted by molar-refractivity contribution is 5.74. The number of ether oxygens (including phenoxy) is 2. The fourth-order valence-electron chi connectivity index (χ4n) is 1.77. The number of hydrogen-bond donors (Lipinski definition) is 0. The molecule has 0 aliphatic carbocycles. The number of benzene rings is 1. The van der Waals surface area contributed by atoms with Crippen molar-refractivity contribution in [2.24, 2.45) is 0 Å². The van der Waals surface area contributed by atoms with Crippen molar-refractivity contribution in [1.82, 2.24) is 0 Å². The Kier molecular flexibility index (Phi) is 5.91.